The molecular weight excluding hydrogens is 284 g/mol. The molecule has 1 amide bonds. The van der Waals surface area contributed by atoms with E-state index in [1.165, 1.54) is 12.1 Å². The zero-order valence-electron chi connectivity index (χ0n) is 12.8. The van der Waals surface area contributed by atoms with E-state index in [1.807, 2.05) is 19.2 Å². The molecular formula is C15H18N4O3. The van der Waals surface area contributed by atoms with Gasteiger partial charge in [0.2, 0.25) is 0 Å². The van der Waals surface area contributed by atoms with Crippen LogP contribution in [0.5, 0.6) is 0 Å². The summed E-state index contributed by atoms with van der Waals surface area (Å²) in [5, 5.41) is 15.1. The van der Waals surface area contributed by atoms with Crippen LogP contribution in [0.4, 0.5) is 5.69 Å². The monoisotopic (exact) mass is 302 g/mol. The number of carbonyl (C=O) groups excluding carboxylic acids is 1. The molecule has 0 fully saturated rings. The van der Waals surface area contributed by atoms with Gasteiger partial charge in [-0.05, 0) is 32.0 Å². The van der Waals surface area contributed by atoms with Crippen LogP contribution in [0.15, 0.2) is 30.5 Å². The summed E-state index contributed by atoms with van der Waals surface area (Å²) in [4.78, 5) is 24.3. The second-order valence-electron chi connectivity index (χ2n) is 5.08. The first-order valence-corrected chi connectivity index (χ1v) is 6.95. The van der Waals surface area contributed by atoms with Gasteiger partial charge >= 0.3 is 0 Å². The Labute approximate surface area is 128 Å². The third kappa shape index (κ3) is 3.30. The summed E-state index contributed by atoms with van der Waals surface area (Å²) < 4.78 is 1.80. The van der Waals surface area contributed by atoms with Crippen LogP contribution in [-0.2, 0) is 13.1 Å². The Kier molecular flexibility index (Phi) is 4.55. The van der Waals surface area contributed by atoms with Crippen LogP contribution in [0.1, 0.15) is 28.5 Å². The molecule has 0 N–H and O–H groups in total. The highest BCUT2D eigenvalue weighted by atomic mass is 16.6. The van der Waals surface area contributed by atoms with Gasteiger partial charge < -0.3 is 4.90 Å². The SMILES string of the molecule is CCn1ccc(CN(C)C(=O)c2ccc([N+](=O)[O-])c(C)c2)n1. The molecule has 2 rings (SSSR count). The van der Waals surface area contributed by atoms with Crippen LogP contribution in [-0.4, -0.2) is 32.6 Å². The van der Waals surface area contributed by atoms with E-state index in [1.54, 1.807) is 29.6 Å². The standard InChI is InChI=1S/C15H18N4O3/c1-4-18-8-7-13(16-18)10-17(3)15(20)12-5-6-14(19(21)22)11(2)9-12/h5-9H,4,10H2,1-3H3. The summed E-state index contributed by atoms with van der Waals surface area (Å²) in [6, 6.07) is 6.26. The minimum absolute atomic E-state index is 0.0147. The van der Waals surface area contributed by atoms with Crippen LogP contribution >= 0.6 is 0 Å². The Morgan fingerprint density at radius 3 is 2.68 bits per heavy atom. The zero-order chi connectivity index (χ0) is 16.3. The van der Waals surface area contributed by atoms with E-state index in [0.29, 0.717) is 17.7 Å². The molecule has 7 heteroatoms. The molecule has 0 unspecified atom stereocenters. The Bertz CT molecular complexity index is 709. The molecule has 1 aromatic heterocycles. The van der Waals surface area contributed by atoms with Crippen molar-refractivity contribution in [2.75, 3.05) is 7.05 Å². The van der Waals surface area contributed by atoms with Crippen molar-refractivity contribution in [3.05, 3.63) is 57.4 Å². The molecule has 0 aliphatic rings. The summed E-state index contributed by atoms with van der Waals surface area (Å²) in [6.45, 7) is 4.78. The smallest absolute Gasteiger partial charge is 0.272 e. The molecule has 0 aliphatic heterocycles. The van der Waals surface area contributed by atoms with E-state index in [0.717, 1.165) is 12.2 Å². The van der Waals surface area contributed by atoms with Crippen molar-refractivity contribution in [2.24, 2.45) is 0 Å². The number of aromatic nitrogens is 2. The minimum Gasteiger partial charge on any atom is -0.336 e. The second kappa shape index (κ2) is 6.38. The summed E-state index contributed by atoms with van der Waals surface area (Å²) in [7, 11) is 1.68. The number of hydrogen-bond acceptors (Lipinski definition) is 4. The second-order valence-corrected chi connectivity index (χ2v) is 5.08. The van der Waals surface area contributed by atoms with Crippen molar-refractivity contribution in [1.82, 2.24) is 14.7 Å². The van der Waals surface area contributed by atoms with Crippen molar-refractivity contribution < 1.29 is 9.72 Å². The number of hydrogen-bond donors (Lipinski definition) is 0. The molecule has 1 aromatic carbocycles. The maximum Gasteiger partial charge on any atom is 0.272 e. The highest BCUT2D eigenvalue weighted by Gasteiger charge is 2.17. The van der Waals surface area contributed by atoms with Crippen molar-refractivity contribution in [3.63, 3.8) is 0 Å². The minimum atomic E-state index is -0.454. The summed E-state index contributed by atoms with van der Waals surface area (Å²) in [5.74, 6) is -0.191. The van der Waals surface area contributed by atoms with Crippen LogP contribution in [0, 0.1) is 17.0 Å². The van der Waals surface area contributed by atoms with E-state index in [2.05, 4.69) is 5.10 Å². The Morgan fingerprint density at radius 1 is 1.41 bits per heavy atom. The highest BCUT2D eigenvalue weighted by molar-refractivity contribution is 5.94. The molecule has 1 heterocycles. The van der Waals surface area contributed by atoms with E-state index >= 15 is 0 Å². The van der Waals surface area contributed by atoms with Gasteiger partial charge in [0.05, 0.1) is 17.2 Å². The lowest BCUT2D eigenvalue weighted by atomic mass is 10.1. The number of nitro benzene ring substituents is 1. The molecule has 2 aromatic rings. The third-order valence-corrected chi connectivity index (χ3v) is 3.41. The fraction of sp³-hybridized carbons (Fsp3) is 0.333. The molecule has 0 radical (unpaired) electrons. The Hall–Kier alpha value is -2.70. The van der Waals surface area contributed by atoms with Gasteiger partial charge in [-0.15, -0.1) is 0 Å². The molecule has 22 heavy (non-hydrogen) atoms. The maximum atomic E-state index is 12.4. The van der Waals surface area contributed by atoms with Crippen LogP contribution in [0.3, 0.4) is 0 Å². The largest absolute Gasteiger partial charge is 0.336 e. The molecule has 116 valence electrons. The summed E-state index contributed by atoms with van der Waals surface area (Å²) in [5.41, 5.74) is 1.72. The van der Waals surface area contributed by atoms with E-state index in [4.69, 9.17) is 0 Å². The van der Waals surface area contributed by atoms with Crippen molar-refractivity contribution in [2.45, 2.75) is 26.9 Å². The van der Waals surface area contributed by atoms with Gasteiger partial charge in [-0.25, -0.2) is 0 Å². The molecule has 0 saturated heterocycles. The van der Waals surface area contributed by atoms with Gasteiger partial charge in [0.25, 0.3) is 11.6 Å². The van der Waals surface area contributed by atoms with Gasteiger partial charge in [0.15, 0.2) is 0 Å². The first-order valence-electron chi connectivity index (χ1n) is 6.95. The molecule has 0 saturated carbocycles. The van der Waals surface area contributed by atoms with E-state index in [-0.39, 0.29) is 11.6 Å². The van der Waals surface area contributed by atoms with Crippen molar-refractivity contribution in [3.8, 4) is 0 Å². The lowest BCUT2D eigenvalue weighted by Crippen LogP contribution is -2.26. The molecule has 0 atom stereocenters. The molecule has 0 aliphatic carbocycles. The number of rotatable bonds is 5. The number of benzene rings is 1. The fourth-order valence-corrected chi connectivity index (χ4v) is 2.19. The zero-order valence-corrected chi connectivity index (χ0v) is 12.8. The average molecular weight is 302 g/mol. The normalized spacial score (nSPS) is 10.5. The number of carbonyl (C=O) groups is 1. The summed E-state index contributed by atoms with van der Waals surface area (Å²) >= 11 is 0. The van der Waals surface area contributed by atoms with E-state index in [9.17, 15) is 14.9 Å². The number of nitrogens with zero attached hydrogens (tertiary/aromatic N) is 4. The quantitative estimate of drug-likeness (QED) is 0.627. The molecule has 0 spiro atoms. The number of amides is 1. The lowest BCUT2D eigenvalue weighted by molar-refractivity contribution is -0.385. The third-order valence-electron chi connectivity index (χ3n) is 3.41. The Morgan fingerprint density at radius 2 is 2.14 bits per heavy atom. The van der Waals surface area contributed by atoms with Gasteiger partial charge in [0, 0.05) is 37.0 Å². The maximum absolute atomic E-state index is 12.4. The van der Waals surface area contributed by atoms with Gasteiger partial charge in [-0.3, -0.25) is 19.6 Å². The van der Waals surface area contributed by atoms with Gasteiger partial charge in [-0.2, -0.15) is 5.10 Å². The van der Waals surface area contributed by atoms with Crippen LogP contribution in [0.2, 0.25) is 0 Å². The topological polar surface area (TPSA) is 81.3 Å². The average Bonchev–Trinajstić information content (AvgIpc) is 2.93. The number of aryl methyl sites for hydroxylation is 2. The predicted octanol–water partition coefficient (Wildman–Crippen LogP) is 2.39. The van der Waals surface area contributed by atoms with Gasteiger partial charge in [-0.1, -0.05) is 0 Å². The Balaban J connectivity index is 2.13. The summed E-state index contributed by atoms with van der Waals surface area (Å²) in [6.07, 6.45) is 1.86. The molecule has 0 bridgehead atoms. The fourth-order valence-electron chi connectivity index (χ4n) is 2.19. The predicted molar refractivity (Wildman–Crippen MR) is 81.5 cm³/mol. The first kappa shape index (κ1) is 15.7. The lowest BCUT2D eigenvalue weighted by Gasteiger charge is -2.16. The molecule has 7 nitrogen and oxygen atoms in total. The van der Waals surface area contributed by atoms with Crippen LogP contribution in [0.25, 0.3) is 0 Å². The first-order chi connectivity index (χ1) is 10.4. The van der Waals surface area contributed by atoms with Crippen molar-refractivity contribution in [1.29, 1.82) is 0 Å². The van der Waals surface area contributed by atoms with Crippen molar-refractivity contribution >= 4 is 11.6 Å². The number of nitro groups is 1. The van der Waals surface area contributed by atoms with Gasteiger partial charge in [0.1, 0.15) is 0 Å². The van der Waals surface area contributed by atoms with Crippen LogP contribution < -0.4 is 0 Å². The highest BCUT2D eigenvalue weighted by Crippen LogP contribution is 2.19. The van der Waals surface area contributed by atoms with E-state index < -0.39 is 4.92 Å².